The first-order valence-electron chi connectivity index (χ1n) is 11.8. The zero-order chi connectivity index (χ0) is 25.7. The number of esters is 2. The van der Waals surface area contributed by atoms with Crippen LogP contribution in [0.4, 0.5) is 10.2 Å². The van der Waals surface area contributed by atoms with Crippen LogP contribution in [-0.4, -0.2) is 68.5 Å². The van der Waals surface area contributed by atoms with Crippen LogP contribution >= 0.6 is 0 Å². The van der Waals surface area contributed by atoms with Gasteiger partial charge < -0.3 is 19.1 Å². The molecule has 3 aromatic rings. The van der Waals surface area contributed by atoms with Gasteiger partial charge in [-0.2, -0.15) is 0 Å². The van der Waals surface area contributed by atoms with E-state index in [1.807, 2.05) is 11.9 Å². The average Bonchev–Trinajstić information content (AvgIpc) is 3.58. The summed E-state index contributed by atoms with van der Waals surface area (Å²) in [6.45, 7) is 3.60. The summed E-state index contributed by atoms with van der Waals surface area (Å²) in [6, 6.07) is 8.80. The van der Waals surface area contributed by atoms with Crippen molar-refractivity contribution in [3.05, 3.63) is 48.5 Å². The molecule has 0 amide bonds. The summed E-state index contributed by atoms with van der Waals surface area (Å²) in [7, 11) is 1.94. The monoisotopic (exact) mass is 497 g/mol. The van der Waals surface area contributed by atoms with Gasteiger partial charge >= 0.3 is 11.9 Å². The number of fused-ring (bicyclic) bond motifs is 1. The lowest BCUT2D eigenvalue weighted by Gasteiger charge is -2.36. The zero-order valence-electron chi connectivity index (χ0n) is 20.6. The van der Waals surface area contributed by atoms with E-state index in [0.717, 1.165) is 12.8 Å². The Morgan fingerprint density at radius 2 is 1.92 bits per heavy atom. The molecule has 190 valence electrons. The van der Waals surface area contributed by atoms with E-state index in [2.05, 4.69) is 15.0 Å². The van der Waals surface area contributed by atoms with E-state index in [4.69, 9.17) is 14.2 Å². The van der Waals surface area contributed by atoms with E-state index in [9.17, 15) is 9.59 Å². The van der Waals surface area contributed by atoms with Gasteiger partial charge in [0.2, 0.25) is 0 Å². The summed E-state index contributed by atoms with van der Waals surface area (Å²) < 4.78 is 35.2. The molecule has 2 fully saturated rings. The molecule has 2 unspecified atom stereocenters. The Balaban J connectivity index is 1.47. The maximum absolute atomic E-state index is 16.6. The third kappa shape index (κ3) is 3.97. The predicted octanol–water partition coefficient (Wildman–Crippen LogP) is 3.23. The van der Waals surface area contributed by atoms with Gasteiger partial charge in [-0.3, -0.25) is 9.36 Å². The van der Waals surface area contributed by atoms with Gasteiger partial charge in [0.15, 0.2) is 34.5 Å². The summed E-state index contributed by atoms with van der Waals surface area (Å²) in [5.74, 6) is -0.631. The van der Waals surface area contributed by atoms with E-state index in [1.165, 1.54) is 38.0 Å². The number of halogens is 1. The maximum Gasteiger partial charge on any atom is 0.338 e. The van der Waals surface area contributed by atoms with Gasteiger partial charge in [-0.25, -0.2) is 24.1 Å². The number of benzene rings is 1. The Labute approximate surface area is 207 Å². The molecule has 2 aliphatic rings. The third-order valence-electron chi connectivity index (χ3n) is 7.09. The summed E-state index contributed by atoms with van der Waals surface area (Å²) in [5.41, 5.74) is -2.76. The lowest BCUT2D eigenvalue weighted by atomic mass is 9.84. The lowest BCUT2D eigenvalue weighted by molar-refractivity contribution is -0.175. The van der Waals surface area contributed by atoms with Crippen molar-refractivity contribution >= 4 is 28.9 Å². The fourth-order valence-corrected chi connectivity index (χ4v) is 4.68. The van der Waals surface area contributed by atoms with Crippen LogP contribution in [0.15, 0.2) is 43.0 Å². The zero-order valence-corrected chi connectivity index (χ0v) is 20.6. The normalized spacial score (nSPS) is 27.7. The number of aromatic nitrogens is 4. The van der Waals surface area contributed by atoms with Crippen LogP contribution in [0.25, 0.3) is 11.2 Å². The van der Waals surface area contributed by atoms with Crippen LogP contribution in [0.1, 0.15) is 50.2 Å². The first-order chi connectivity index (χ1) is 17.1. The highest BCUT2D eigenvalue weighted by Gasteiger charge is 2.66. The molecule has 11 heteroatoms. The number of carbonyl (C=O) groups excluding carboxylic acids is 2. The molecule has 1 saturated carbocycles. The fourth-order valence-electron chi connectivity index (χ4n) is 4.68. The molecule has 5 rings (SSSR count). The Kier molecular flexibility index (Phi) is 5.90. The second-order valence-electron chi connectivity index (χ2n) is 9.58. The third-order valence-corrected chi connectivity index (χ3v) is 7.09. The Morgan fingerprint density at radius 3 is 2.58 bits per heavy atom. The number of hydrogen-bond acceptors (Lipinski definition) is 9. The topological polar surface area (TPSA) is 109 Å². The number of alkyl halides is 1. The Morgan fingerprint density at radius 1 is 1.19 bits per heavy atom. The van der Waals surface area contributed by atoms with Gasteiger partial charge in [0.25, 0.3) is 0 Å². The minimum absolute atomic E-state index is 0.329. The number of hydrogen-bond donors (Lipinski definition) is 0. The first-order valence-corrected chi connectivity index (χ1v) is 11.8. The summed E-state index contributed by atoms with van der Waals surface area (Å²) in [4.78, 5) is 39.8. The molecule has 1 aliphatic heterocycles. The molecule has 1 aromatic carbocycles. The van der Waals surface area contributed by atoms with Crippen LogP contribution < -0.4 is 4.90 Å². The number of rotatable bonds is 7. The summed E-state index contributed by atoms with van der Waals surface area (Å²) in [5, 5.41) is 0. The molecule has 0 N–H and O–H groups in total. The van der Waals surface area contributed by atoms with E-state index in [1.54, 1.807) is 30.3 Å². The van der Waals surface area contributed by atoms with Gasteiger partial charge in [0.1, 0.15) is 19.0 Å². The van der Waals surface area contributed by atoms with E-state index >= 15 is 4.39 Å². The highest BCUT2D eigenvalue weighted by Crippen LogP contribution is 2.51. The molecule has 2 aromatic heterocycles. The first kappa shape index (κ1) is 24.1. The average molecular weight is 498 g/mol. The molecule has 4 atom stereocenters. The van der Waals surface area contributed by atoms with Crippen molar-refractivity contribution in [3.63, 3.8) is 0 Å². The maximum atomic E-state index is 16.6. The van der Waals surface area contributed by atoms with Crippen molar-refractivity contribution in [1.29, 1.82) is 0 Å². The van der Waals surface area contributed by atoms with Crippen LogP contribution in [0.2, 0.25) is 0 Å². The Hall–Kier alpha value is -3.60. The van der Waals surface area contributed by atoms with E-state index in [-0.39, 0.29) is 6.61 Å². The van der Waals surface area contributed by atoms with Crippen molar-refractivity contribution < 1.29 is 28.2 Å². The lowest BCUT2D eigenvalue weighted by Crippen LogP contribution is -2.55. The minimum atomic E-state index is -2.23. The van der Waals surface area contributed by atoms with E-state index < -0.39 is 35.5 Å². The van der Waals surface area contributed by atoms with Crippen molar-refractivity contribution in [2.75, 3.05) is 18.6 Å². The van der Waals surface area contributed by atoms with E-state index in [0.29, 0.717) is 28.6 Å². The fraction of sp³-hybridized carbons (Fsp3) is 0.480. The molecule has 1 aliphatic carbocycles. The number of imidazole rings is 1. The van der Waals surface area contributed by atoms with Gasteiger partial charge in [-0.15, -0.1) is 0 Å². The predicted molar refractivity (Wildman–Crippen MR) is 127 cm³/mol. The molecule has 0 spiro atoms. The molecule has 10 nitrogen and oxygen atoms in total. The van der Waals surface area contributed by atoms with Crippen LogP contribution in [0, 0.1) is 0 Å². The Bertz CT molecular complexity index is 1290. The minimum Gasteiger partial charge on any atom is -0.459 e. The van der Waals surface area contributed by atoms with Crippen molar-refractivity contribution in [2.24, 2.45) is 0 Å². The quantitative estimate of drug-likeness (QED) is 0.455. The molecular formula is C25H28FN5O5. The number of carbonyl (C=O) groups is 2. The SMILES string of the molecule is CC(=O)OC1(C)[C@@H](COC(=O)c2ccccc2)OC(n2cnc3c(N(C)C4CC4)ncnc32)[C@]1(C)F. The van der Waals surface area contributed by atoms with Gasteiger partial charge in [-0.1, -0.05) is 18.2 Å². The van der Waals surface area contributed by atoms with Crippen LogP contribution in [0.3, 0.4) is 0 Å². The molecule has 1 saturated heterocycles. The van der Waals surface area contributed by atoms with Crippen molar-refractivity contribution in [2.45, 2.75) is 63.3 Å². The smallest absolute Gasteiger partial charge is 0.338 e. The summed E-state index contributed by atoms with van der Waals surface area (Å²) >= 11 is 0. The number of nitrogens with zero attached hydrogens (tertiary/aromatic N) is 5. The highest BCUT2D eigenvalue weighted by atomic mass is 19.1. The molecule has 36 heavy (non-hydrogen) atoms. The van der Waals surface area contributed by atoms with Crippen LogP contribution in [0.5, 0.6) is 0 Å². The molecule has 0 bridgehead atoms. The second-order valence-corrected chi connectivity index (χ2v) is 9.58. The van der Waals surface area contributed by atoms with Gasteiger partial charge in [-0.05, 0) is 38.8 Å². The molecule has 3 heterocycles. The summed E-state index contributed by atoms with van der Waals surface area (Å²) in [6.07, 6.45) is 2.63. The molecular weight excluding hydrogens is 469 g/mol. The second kappa shape index (κ2) is 8.81. The van der Waals surface area contributed by atoms with Crippen LogP contribution in [-0.2, 0) is 19.0 Å². The largest absolute Gasteiger partial charge is 0.459 e. The van der Waals surface area contributed by atoms with Crippen molar-refractivity contribution in [3.8, 4) is 0 Å². The van der Waals surface area contributed by atoms with Crippen molar-refractivity contribution in [1.82, 2.24) is 19.5 Å². The van der Waals surface area contributed by atoms with Gasteiger partial charge in [0, 0.05) is 20.0 Å². The standard InChI is InChI=1S/C25H28FN5O5/c1-15(32)36-25(3)18(12-34-22(33)16-8-6-5-7-9-16)35-23(24(25,2)26)31-14-29-19-20(27-13-28-21(19)31)30(4)17-10-11-17/h5-9,13-14,17-18,23H,10-12H2,1-4H3/t18-,23?,24+,25?/m1/s1. The number of ether oxygens (including phenoxy) is 3. The molecule has 0 radical (unpaired) electrons. The van der Waals surface area contributed by atoms with Gasteiger partial charge in [0.05, 0.1) is 11.9 Å². The highest BCUT2D eigenvalue weighted by molar-refractivity contribution is 5.89. The number of anilines is 1.